The molecule has 2 aromatic carbocycles. The summed E-state index contributed by atoms with van der Waals surface area (Å²) < 4.78 is 6.20. The molecule has 3 aliphatic heterocycles. The maximum absolute atomic E-state index is 6.20. The number of para-hydroxylation sites is 1. The molecule has 5 rings (SSSR count). The normalized spacial score (nSPS) is 25.2. The minimum absolute atomic E-state index is 0. The number of benzene rings is 2. The summed E-state index contributed by atoms with van der Waals surface area (Å²) in [7, 11) is 0. The summed E-state index contributed by atoms with van der Waals surface area (Å²) in [4.78, 5) is 12.6. The number of halogens is 1. The van der Waals surface area contributed by atoms with Crippen molar-refractivity contribution in [2.24, 2.45) is 10.9 Å². The van der Waals surface area contributed by atoms with Crippen molar-refractivity contribution in [1.82, 2.24) is 15.1 Å². The molecule has 7 heteroatoms. The van der Waals surface area contributed by atoms with Gasteiger partial charge in [-0.15, -0.1) is 24.0 Å². The first-order valence-electron chi connectivity index (χ1n) is 12.5. The van der Waals surface area contributed by atoms with Gasteiger partial charge in [0.25, 0.3) is 0 Å². The highest BCUT2D eigenvalue weighted by atomic mass is 127. The van der Waals surface area contributed by atoms with Gasteiger partial charge in [0.1, 0.15) is 0 Å². The smallest absolute Gasteiger partial charge is 0.194 e. The van der Waals surface area contributed by atoms with Crippen LogP contribution in [0, 0.1) is 5.92 Å². The summed E-state index contributed by atoms with van der Waals surface area (Å²) >= 11 is 0. The van der Waals surface area contributed by atoms with Crippen LogP contribution in [0.5, 0.6) is 0 Å². The van der Waals surface area contributed by atoms with Gasteiger partial charge in [-0.1, -0.05) is 48.5 Å². The fraction of sp³-hybridized carbons (Fsp3) is 0.519. The lowest BCUT2D eigenvalue weighted by Crippen LogP contribution is -2.50. The molecule has 0 aliphatic carbocycles. The zero-order valence-electron chi connectivity index (χ0n) is 20.2. The zero-order chi connectivity index (χ0) is 22.5. The predicted octanol–water partition coefficient (Wildman–Crippen LogP) is 3.68. The fourth-order valence-corrected chi connectivity index (χ4v) is 5.44. The Labute approximate surface area is 221 Å². The largest absolute Gasteiger partial charge is 0.373 e. The van der Waals surface area contributed by atoms with Crippen LogP contribution < -0.4 is 10.2 Å². The Morgan fingerprint density at radius 3 is 2.53 bits per heavy atom. The molecule has 0 bridgehead atoms. The molecule has 2 aromatic rings. The number of hydrogen-bond donors (Lipinski definition) is 1. The molecule has 0 saturated carbocycles. The van der Waals surface area contributed by atoms with Crippen molar-refractivity contribution in [2.45, 2.75) is 32.0 Å². The lowest BCUT2D eigenvalue weighted by atomic mass is 10.1. The third-order valence-electron chi connectivity index (χ3n) is 7.19. The molecule has 3 aliphatic rings. The van der Waals surface area contributed by atoms with Gasteiger partial charge in [-0.2, -0.15) is 0 Å². The van der Waals surface area contributed by atoms with Gasteiger partial charge < -0.3 is 19.9 Å². The number of anilines is 1. The number of nitrogens with zero attached hydrogens (tertiary/aromatic N) is 4. The first-order chi connectivity index (χ1) is 16.3. The lowest BCUT2D eigenvalue weighted by Gasteiger charge is -2.36. The number of aliphatic imine (C=N–C) groups is 1. The highest BCUT2D eigenvalue weighted by Crippen LogP contribution is 2.26. The van der Waals surface area contributed by atoms with Crippen molar-refractivity contribution >= 4 is 35.6 Å². The van der Waals surface area contributed by atoms with Crippen molar-refractivity contribution in [1.29, 1.82) is 0 Å². The van der Waals surface area contributed by atoms with Crippen molar-refractivity contribution in [3.05, 3.63) is 66.2 Å². The van der Waals surface area contributed by atoms with E-state index in [0.29, 0.717) is 12.0 Å². The van der Waals surface area contributed by atoms with Gasteiger partial charge in [0.05, 0.1) is 18.8 Å². The van der Waals surface area contributed by atoms with Gasteiger partial charge in [0.2, 0.25) is 0 Å². The van der Waals surface area contributed by atoms with E-state index in [-0.39, 0.29) is 30.1 Å². The summed E-state index contributed by atoms with van der Waals surface area (Å²) in [6.45, 7) is 10.8. The monoisotopic (exact) mass is 575 g/mol. The highest BCUT2D eigenvalue weighted by molar-refractivity contribution is 14.0. The van der Waals surface area contributed by atoms with Gasteiger partial charge in [0.15, 0.2) is 5.96 Å². The Morgan fingerprint density at radius 1 is 1.00 bits per heavy atom. The molecule has 0 amide bonds. The number of fused-ring (bicyclic) bond motifs is 1. The Hall–Kier alpha value is -1.84. The van der Waals surface area contributed by atoms with Crippen LogP contribution in [0.2, 0.25) is 0 Å². The van der Waals surface area contributed by atoms with Crippen LogP contribution in [0.1, 0.15) is 18.9 Å². The van der Waals surface area contributed by atoms with Crippen LogP contribution in [0.3, 0.4) is 0 Å². The molecule has 3 atom stereocenters. The van der Waals surface area contributed by atoms with Gasteiger partial charge >= 0.3 is 0 Å². The number of likely N-dealkylation sites (tertiary alicyclic amines) is 1. The molecular weight excluding hydrogens is 537 g/mol. The zero-order valence-corrected chi connectivity index (χ0v) is 22.5. The van der Waals surface area contributed by atoms with Crippen molar-refractivity contribution in [2.75, 3.05) is 57.3 Å². The molecule has 6 nitrogen and oxygen atoms in total. The molecule has 3 heterocycles. The third-order valence-corrected chi connectivity index (χ3v) is 7.19. The molecule has 34 heavy (non-hydrogen) atoms. The van der Waals surface area contributed by atoms with E-state index in [9.17, 15) is 0 Å². The van der Waals surface area contributed by atoms with Crippen LogP contribution in [0.25, 0.3) is 0 Å². The average Bonchev–Trinajstić information content (AvgIpc) is 3.51. The molecule has 0 spiro atoms. The Kier molecular flexibility index (Phi) is 9.08. The van der Waals surface area contributed by atoms with Crippen molar-refractivity contribution < 1.29 is 4.74 Å². The lowest BCUT2D eigenvalue weighted by molar-refractivity contribution is -0.0502. The topological polar surface area (TPSA) is 43.3 Å². The van der Waals surface area contributed by atoms with E-state index in [1.807, 2.05) is 0 Å². The minimum atomic E-state index is 0. The molecule has 3 fully saturated rings. The molecule has 0 radical (unpaired) electrons. The number of guanidine groups is 1. The first kappa shape index (κ1) is 25.3. The van der Waals surface area contributed by atoms with E-state index >= 15 is 0 Å². The molecule has 184 valence electrons. The summed E-state index contributed by atoms with van der Waals surface area (Å²) in [6, 6.07) is 22.0. The van der Waals surface area contributed by atoms with Gasteiger partial charge in [-0.05, 0) is 37.0 Å². The second-order valence-corrected chi connectivity index (χ2v) is 9.47. The highest BCUT2D eigenvalue weighted by Gasteiger charge is 2.41. The number of ether oxygens (including phenoxy) is 1. The average molecular weight is 576 g/mol. The van der Waals surface area contributed by atoms with Crippen molar-refractivity contribution in [3.8, 4) is 0 Å². The molecular formula is C27H38IN5O. The molecule has 0 aromatic heterocycles. The minimum Gasteiger partial charge on any atom is -0.373 e. The van der Waals surface area contributed by atoms with Crippen LogP contribution >= 0.6 is 24.0 Å². The van der Waals surface area contributed by atoms with E-state index in [2.05, 4.69) is 87.6 Å². The van der Waals surface area contributed by atoms with Crippen LogP contribution in [-0.4, -0.2) is 80.3 Å². The number of morpholine rings is 1. The van der Waals surface area contributed by atoms with Crippen LogP contribution in [0.15, 0.2) is 65.7 Å². The maximum atomic E-state index is 6.20. The number of nitrogens with one attached hydrogen (secondary N) is 1. The first-order valence-corrected chi connectivity index (χ1v) is 12.5. The van der Waals surface area contributed by atoms with Gasteiger partial charge in [0, 0.05) is 58.0 Å². The summed E-state index contributed by atoms with van der Waals surface area (Å²) in [5.74, 6) is 1.66. The van der Waals surface area contributed by atoms with Gasteiger partial charge in [-0.3, -0.25) is 9.89 Å². The molecule has 1 N–H and O–H groups in total. The van der Waals surface area contributed by atoms with Crippen LogP contribution in [0.4, 0.5) is 5.69 Å². The van der Waals surface area contributed by atoms with E-state index in [4.69, 9.17) is 9.73 Å². The Morgan fingerprint density at radius 2 is 1.76 bits per heavy atom. The maximum Gasteiger partial charge on any atom is 0.194 e. The fourth-order valence-electron chi connectivity index (χ4n) is 5.44. The quantitative estimate of drug-likeness (QED) is 0.324. The number of hydrogen-bond acceptors (Lipinski definition) is 4. The Bertz CT molecular complexity index is 912. The Balaban J connectivity index is 0.00000274. The van der Waals surface area contributed by atoms with E-state index in [1.165, 1.54) is 17.7 Å². The third kappa shape index (κ3) is 6.04. The standard InChI is InChI=1S/C27H37N5O.HI/c1-2-28-27(29-17-23-13-14-30(19-23)24-11-7-4-8-12-24)32-20-25-26(21-32)33-16-15-31(25)18-22-9-5-3-6-10-22;/h3-12,23,25-26H,2,13-21H2,1H3,(H,28,29);1H. The van der Waals surface area contributed by atoms with E-state index in [1.54, 1.807) is 0 Å². The van der Waals surface area contributed by atoms with E-state index < -0.39 is 0 Å². The second kappa shape index (κ2) is 12.2. The van der Waals surface area contributed by atoms with E-state index in [0.717, 1.165) is 64.9 Å². The second-order valence-electron chi connectivity index (χ2n) is 9.47. The van der Waals surface area contributed by atoms with Gasteiger partial charge in [-0.25, -0.2) is 0 Å². The summed E-state index contributed by atoms with van der Waals surface area (Å²) in [6.07, 6.45) is 1.46. The molecule has 3 unspecified atom stereocenters. The predicted molar refractivity (Wildman–Crippen MR) is 150 cm³/mol. The van der Waals surface area contributed by atoms with Crippen molar-refractivity contribution in [3.63, 3.8) is 0 Å². The molecule has 3 saturated heterocycles. The van der Waals surface area contributed by atoms with Crippen LogP contribution in [-0.2, 0) is 11.3 Å². The summed E-state index contributed by atoms with van der Waals surface area (Å²) in [5.41, 5.74) is 2.71. The summed E-state index contributed by atoms with van der Waals surface area (Å²) in [5, 5.41) is 3.55. The SMILES string of the molecule is CCNC(=NCC1CCN(c2ccccc2)C1)N1CC2OCCN(Cc3ccccc3)C2C1.I. The number of rotatable bonds is 6.